The molecule has 0 saturated heterocycles. The molecule has 6 nitrogen and oxygen atoms in total. The third kappa shape index (κ3) is 4.91. The van der Waals surface area contributed by atoms with E-state index in [9.17, 15) is 10.1 Å². The zero-order valence-electron chi connectivity index (χ0n) is 15.9. The Morgan fingerprint density at radius 3 is 2.59 bits per heavy atom. The highest BCUT2D eigenvalue weighted by Gasteiger charge is 2.16. The SMILES string of the molecule is CCOc1cc(-c2nc(SC)[nH]c(=O)c2C#N)ccc1OCc1ccc(Cl)cc1. The van der Waals surface area contributed by atoms with Gasteiger partial charge < -0.3 is 14.5 Å². The van der Waals surface area contributed by atoms with Crippen molar-refractivity contribution < 1.29 is 9.47 Å². The van der Waals surface area contributed by atoms with Gasteiger partial charge in [-0.25, -0.2) is 4.98 Å². The fraction of sp³-hybridized carbons (Fsp3) is 0.190. The van der Waals surface area contributed by atoms with Crippen molar-refractivity contribution in [1.29, 1.82) is 5.26 Å². The number of nitrogens with one attached hydrogen (secondary N) is 1. The number of nitrogens with zero attached hydrogens (tertiary/aromatic N) is 2. The number of aromatic amines is 1. The number of benzene rings is 2. The van der Waals surface area contributed by atoms with Gasteiger partial charge in [0.2, 0.25) is 0 Å². The maximum Gasteiger partial charge on any atom is 0.270 e. The molecule has 8 heteroatoms. The molecule has 1 N–H and O–H groups in total. The number of ether oxygens (including phenoxy) is 2. The quantitative estimate of drug-likeness (QED) is 0.435. The predicted octanol–water partition coefficient (Wildman–Crippen LogP) is 4.66. The number of halogens is 1. The van der Waals surface area contributed by atoms with E-state index in [4.69, 9.17) is 21.1 Å². The summed E-state index contributed by atoms with van der Waals surface area (Å²) in [6.07, 6.45) is 1.80. The van der Waals surface area contributed by atoms with Crippen LogP contribution in [0.15, 0.2) is 52.4 Å². The second-order valence-electron chi connectivity index (χ2n) is 5.92. The van der Waals surface area contributed by atoms with Crippen LogP contribution in [0.4, 0.5) is 0 Å². The highest BCUT2D eigenvalue weighted by atomic mass is 35.5. The van der Waals surface area contributed by atoms with Gasteiger partial charge in [0.25, 0.3) is 5.56 Å². The van der Waals surface area contributed by atoms with E-state index in [2.05, 4.69) is 9.97 Å². The first kappa shape index (κ1) is 20.8. The maximum atomic E-state index is 12.2. The average molecular weight is 428 g/mol. The molecule has 148 valence electrons. The number of thioether (sulfide) groups is 1. The Morgan fingerprint density at radius 2 is 1.93 bits per heavy atom. The Balaban J connectivity index is 1.96. The Labute approximate surface area is 177 Å². The minimum absolute atomic E-state index is 0.0416. The highest BCUT2D eigenvalue weighted by Crippen LogP contribution is 2.33. The lowest BCUT2D eigenvalue weighted by atomic mass is 10.1. The molecule has 0 unspecified atom stereocenters. The summed E-state index contributed by atoms with van der Waals surface area (Å²) in [5.41, 5.74) is 1.37. The van der Waals surface area contributed by atoms with Crippen LogP contribution in [-0.4, -0.2) is 22.8 Å². The Kier molecular flexibility index (Phi) is 6.81. The molecule has 0 aliphatic carbocycles. The summed E-state index contributed by atoms with van der Waals surface area (Å²) in [6.45, 7) is 2.65. The van der Waals surface area contributed by atoms with E-state index in [1.165, 1.54) is 11.8 Å². The van der Waals surface area contributed by atoms with Crippen LogP contribution >= 0.6 is 23.4 Å². The van der Waals surface area contributed by atoms with Crippen molar-refractivity contribution in [2.24, 2.45) is 0 Å². The van der Waals surface area contributed by atoms with Gasteiger partial charge in [-0.2, -0.15) is 5.26 Å². The summed E-state index contributed by atoms with van der Waals surface area (Å²) in [4.78, 5) is 19.2. The van der Waals surface area contributed by atoms with Crippen molar-refractivity contribution in [3.63, 3.8) is 0 Å². The minimum atomic E-state index is -0.470. The lowest BCUT2D eigenvalue weighted by molar-refractivity contribution is 0.269. The van der Waals surface area contributed by atoms with Crippen LogP contribution in [-0.2, 0) is 6.61 Å². The molecule has 3 rings (SSSR count). The molecule has 3 aromatic rings. The number of H-pyrrole nitrogens is 1. The monoisotopic (exact) mass is 427 g/mol. The van der Waals surface area contributed by atoms with Gasteiger partial charge in [0.15, 0.2) is 16.7 Å². The van der Waals surface area contributed by atoms with Gasteiger partial charge in [-0.1, -0.05) is 35.5 Å². The summed E-state index contributed by atoms with van der Waals surface area (Å²) >= 11 is 7.21. The molecule has 2 aromatic carbocycles. The van der Waals surface area contributed by atoms with Crippen LogP contribution in [0.3, 0.4) is 0 Å². The molecule has 1 aromatic heterocycles. The summed E-state index contributed by atoms with van der Waals surface area (Å²) in [7, 11) is 0. The van der Waals surface area contributed by atoms with Crippen molar-refractivity contribution in [3.05, 3.63) is 69.0 Å². The van der Waals surface area contributed by atoms with Gasteiger partial charge in [-0.15, -0.1) is 0 Å². The van der Waals surface area contributed by atoms with E-state index in [1.807, 2.05) is 25.1 Å². The van der Waals surface area contributed by atoms with Crippen molar-refractivity contribution in [3.8, 4) is 28.8 Å². The molecule has 29 heavy (non-hydrogen) atoms. The first-order valence-electron chi connectivity index (χ1n) is 8.78. The third-order valence-electron chi connectivity index (χ3n) is 4.03. The number of hydrogen-bond donors (Lipinski definition) is 1. The van der Waals surface area contributed by atoms with Crippen molar-refractivity contribution in [2.75, 3.05) is 12.9 Å². The smallest absolute Gasteiger partial charge is 0.270 e. The van der Waals surface area contributed by atoms with Gasteiger partial charge in [-0.3, -0.25) is 4.79 Å². The molecule has 0 spiro atoms. The Morgan fingerprint density at radius 1 is 1.17 bits per heavy atom. The molecular weight excluding hydrogens is 410 g/mol. The van der Waals surface area contributed by atoms with Crippen molar-refractivity contribution in [2.45, 2.75) is 18.7 Å². The van der Waals surface area contributed by atoms with Gasteiger partial charge in [0, 0.05) is 10.6 Å². The normalized spacial score (nSPS) is 10.4. The molecule has 1 heterocycles. The van der Waals surface area contributed by atoms with Crippen LogP contribution in [0.25, 0.3) is 11.3 Å². The summed E-state index contributed by atoms with van der Waals surface area (Å²) in [5.74, 6) is 1.06. The fourth-order valence-electron chi connectivity index (χ4n) is 2.65. The molecule has 0 fully saturated rings. The minimum Gasteiger partial charge on any atom is -0.490 e. The second-order valence-corrected chi connectivity index (χ2v) is 7.15. The lowest BCUT2D eigenvalue weighted by Crippen LogP contribution is -2.14. The van der Waals surface area contributed by atoms with Crippen LogP contribution < -0.4 is 15.0 Å². The zero-order valence-corrected chi connectivity index (χ0v) is 17.4. The van der Waals surface area contributed by atoms with Gasteiger partial charge >= 0.3 is 0 Å². The standard InChI is InChI=1S/C21H18ClN3O3S/c1-3-27-18-10-14(19-16(11-23)20(26)25-21(24-19)29-2)6-9-17(18)28-12-13-4-7-15(22)8-5-13/h4-10H,3,12H2,1-2H3,(H,24,25,26). The molecule has 0 aliphatic heterocycles. The van der Waals surface area contributed by atoms with Crippen LogP contribution in [0.5, 0.6) is 11.5 Å². The average Bonchev–Trinajstić information content (AvgIpc) is 2.73. The molecule has 0 saturated carbocycles. The fourth-order valence-corrected chi connectivity index (χ4v) is 3.15. The van der Waals surface area contributed by atoms with Crippen molar-refractivity contribution >= 4 is 23.4 Å². The molecular formula is C21H18ClN3O3S. The van der Waals surface area contributed by atoms with E-state index >= 15 is 0 Å². The van der Waals surface area contributed by atoms with Crippen LogP contribution in [0, 0.1) is 11.3 Å². The number of aromatic nitrogens is 2. The van der Waals surface area contributed by atoms with Gasteiger partial charge in [0.1, 0.15) is 18.2 Å². The highest BCUT2D eigenvalue weighted by molar-refractivity contribution is 7.98. The summed E-state index contributed by atoms with van der Waals surface area (Å²) in [6, 6.07) is 14.6. The summed E-state index contributed by atoms with van der Waals surface area (Å²) in [5, 5.41) is 10.5. The van der Waals surface area contributed by atoms with Crippen LogP contribution in [0.1, 0.15) is 18.1 Å². The molecule has 0 atom stereocenters. The first-order valence-corrected chi connectivity index (χ1v) is 10.4. The topological polar surface area (TPSA) is 88.0 Å². The second kappa shape index (κ2) is 9.50. The van der Waals surface area contributed by atoms with E-state index in [-0.39, 0.29) is 5.56 Å². The van der Waals surface area contributed by atoms with Gasteiger partial charge in [0.05, 0.1) is 12.3 Å². The van der Waals surface area contributed by atoms with E-state index in [1.54, 1.807) is 36.6 Å². The maximum absolute atomic E-state index is 12.2. The number of hydrogen-bond acceptors (Lipinski definition) is 6. The predicted molar refractivity (Wildman–Crippen MR) is 114 cm³/mol. The Bertz CT molecular complexity index is 1110. The number of rotatable bonds is 7. The molecule has 0 bridgehead atoms. The molecule has 0 aliphatic rings. The third-order valence-corrected chi connectivity index (χ3v) is 4.86. The lowest BCUT2D eigenvalue weighted by Gasteiger charge is -2.14. The largest absolute Gasteiger partial charge is 0.490 e. The van der Waals surface area contributed by atoms with Crippen molar-refractivity contribution in [1.82, 2.24) is 9.97 Å². The Hall–Kier alpha value is -2.95. The zero-order chi connectivity index (χ0) is 20.8. The van der Waals surface area contributed by atoms with E-state index in [0.29, 0.717) is 46.1 Å². The molecule has 0 radical (unpaired) electrons. The van der Waals surface area contributed by atoms with Crippen LogP contribution in [0.2, 0.25) is 5.02 Å². The molecule has 0 amide bonds. The number of nitriles is 1. The van der Waals surface area contributed by atoms with E-state index < -0.39 is 5.56 Å². The first-order chi connectivity index (χ1) is 14.0. The van der Waals surface area contributed by atoms with Gasteiger partial charge in [-0.05, 0) is 49.1 Å². The summed E-state index contributed by atoms with van der Waals surface area (Å²) < 4.78 is 11.6. The van der Waals surface area contributed by atoms with E-state index in [0.717, 1.165) is 5.56 Å².